The minimum atomic E-state index is -1.08. The van der Waals surface area contributed by atoms with Gasteiger partial charge in [-0.1, -0.05) is 79.5 Å². The molecule has 3 aromatic heterocycles. The second kappa shape index (κ2) is 10.9. The molecule has 3 aliphatic rings. The van der Waals surface area contributed by atoms with Crippen LogP contribution in [-0.2, 0) is 9.53 Å². The standard InChI is InChI=1S/C33H32N4O4.Mg/c1-8-18-14(3)21-10-23-15(4)19(9-2)30(36-23)28-29(33(40)41-7)32(39)27-17(6)24(37-31(27)28)11-22-16(5)20(13-38)26(35-22)12-25(18)34-21;/h8,10-13,15,19,29-30H,1,9H2,2-7H3,(H,38,39);/q-4;+2/b23-10-,26-12-;/t15-,19-,29+,30?;/m0./s1. The number of carbonyl (C=O) groups is 2. The monoisotopic (exact) mass is 572 g/mol. The molecule has 6 rings (SSSR count). The maximum Gasteiger partial charge on any atom is 2.00 e. The van der Waals surface area contributed by atoms with Gasteiger partial charge in [0, 0.05) is 5.56 Å². The maximum atomic E-state index is 13.8. The average Bonchev–Trinajstić information content (AvgIpc) is 3.69. The molecule has 5 heterocycles. The van der Waals surface area contributed by atoms with Crippen molar-refractivity contribution in [3.05, 3.63) is 83.8 Å². The van der Waals surface area contributed by atoms with Crippen molar-refractivity contribution in [1.82, 2.24) is 15.0 Å². The summed E-state index contributed by atoms with van der Waals surface area (Å²) in [5.74, 6) is -1.86. The van der Waals surface area contributed by atoms with E-state index in [1.54, 1.807) is 6.08 Å². The zero-order valence-electron chi connectivity index (χ0n) is 24.8. The topological polar surface area (TPSA) is 120 Å². The molecular weight excluding hydrogens is 541 g/mol. The number of carbonyl (C=O) groups excluding carboxylic acids is 2. The zero-order chi connectivity index (χ0) is 29.3. The number of aliphatic hydroxyl groups is 1. The summed E-state index contributed by atoms with van der Waals surface area (Å²) in [6, 6.07) is -0.410. The molecule has 1 fully saturated rings. The molecule has 0 saturated carbocycles. The first-order valence-electron chi connectivity index (χ1n) is 13.9. The normalized spacial score (nSPS) is 25.5. The van der Waals surface area contributed by atoms with Crippen molar-refractivity contribution >= 4 is 70.9 Å². The molecule has 2 aliphatic heterocycles. The molecule has 9 heteroatoms. The van der Waals surface area contributed by atoms with Gasteiger partial charge in [-0.3, -0.25) is 9.59 Å². The van der Waals surface area contributed by atoms with Crippen LogP contribution in [0.2, 0.25) is 0 Å². The van der Waals surface area contributed by atoms with Gasteiger partial charge in [0.1, 0.15) is 5.92 Å². The van der Waals surface area contributed by atoms with Gasteiger partial charge >= 0.3 is 29.0 Å². The first-order chi connectivity index (χ1) is 19.6. The number of Topliss-reactive ketones (excluding diaryl/α,β-unsaturated/α-hetero) is 1. The molecule has 42 heavy (non-hydrogen) atoms. The van der Waals surface area contributed by atoms with Gasteiger partial charge in [-0.25, -0.2) is 0 Å². The van der Waals surface area contributed by atoms with Crippen LogP contribution >= 0.6 is 0 Å². The van der Waals surface area contributed by atoms with E-state index in [0.29, 0.717) is 49.4 Å². The maximum absolute atomic E-state index is 13.8. The van der Waals surface area contributed by atoms with Gasteiger partial charge in [0.15, 0.2) is 5.78 Å². The predicted octanol–water partition coefficient (Wildman–Crippen LogP) is 1.61. The summed E-state index contributed by atoms with van der Waals surface area (Å²) >= 11 is 0. The number of fused-ring (bicyclic) bond motifs is 8. The van der Waals surface area contributed by atoms with Crippen LogP contribution in [0.5, 0.6) is 0 Å². The molecule has 1 N–H and O–H groups in total. The van der Waals surface area contributed by atoms with E-state index in [1.165, 1.54) is 7.11 Å². The molecule has 0 spiro atoms. The van der Waals surface area contributed by atoms with E-state index >= 15 is 0 Å². The number of aliphatic hydroxyl groups excluding tert-OH is 1. The SMILES string of the molecule is C=Cc1c2[n-]c(c1C)/C=C1\[N-]C(C3=c4[n-]/c(c(C)c4C(=O)[C@@H]3C(=O)OC)=C\c3[n-]c(/c(=C\O)c3C)=C\2)[C@@H](CC)[C@@H]1C.[Mg+2]. The molecule has 8 nitrogen and oxygen atoms in total. The Morgan fingerprint density at radius 3 is 2.36 bits per heavy atom. The van der Waals surface area contributed by atoms with Gasteiger partial charge in [0.25, 0.3) is 0 Å². The molecule has 1 unspecified atom stereocenters. The van der Waals surface area contributed by atoms with Gasteiger partial charge in [-0.05, 0) is 43.4 Å². The molecule has 212 valence electrons. The molecule has 1 aliphatic carbocycles. The number of allylic oxidation sites excluding steroid dienone is 1. The Kier molecular flexibility index (Phi) is 7.70. The van der Waals surface area contributed by atoms with Crippen LogP contribution in [0.15, 0.2) is 12.3 Å². The molecule has 1 saturated heterocycles. The Labute approximate surface area is 260 Å². The van der Waals surface area contributed by atoms with Crippen molar-refractivity contribution in [2.45, 2.75) is 47.1 Å². The van der Waals surface area contributed by atoms with E-state index in [-0.39, 0.29) is 40.7 Å². The van der Waals surface area contributed by atoms with Gasteiger partial charge < -0.3 is 30.1 Å². The van der Waals surface area contributed by atoms with Crippen LogP contribution in [0.3, 0.4) is 0 Å². The summed E-state index contributed by atoms with van der Waals surface area (Å²) in [4.78, 5) is 41.6. The largest absolute Gasteiger partial charge is 2.00 e. The fraction of sp³-hybridized carbons (Fsp3) is 0.333. The van der Waals surface area contributed by atoms with Crippen molar-refractivity contribution in [3.63, 3.8) is 0 Å². The first-order valence-corrected chi connectivity index (χ1v) is 13.9. The van der Waals surface area contributed by atoms with Crippen LogP contribution in [-0.4, -0.2) is 53.1 Å². The first kappa shape index (κ1) is 29.8. The second-order valence-electron chi connectivity index (χ2n) is 11.1. The van der Waals surface area contributed by atoms with Crippen molar-refractivity contribution in [2.24, 2.45) is 17.8 Å². The van der Waals surface area contributed by atoms with Crippen molar-refractivity contribution < 1.29 is 19.4 Å². The number of esters is 1. The number of hydrogen-bond donors (Lipinski definition) is 1. The van der Waals surface area contributed by atoms with Crippen molar-refractivity contribution in [3.8, 4) is 0 Å². The number of rotatable bonds is 3. The summed E-state index contributed by atoms with van der Waals surface area (Å²) in [7, 11) is 1.30. The third-order valence-corrected chi connectivity index (χ3v) is 9.13. The van der Waals surface area contributed by atoms with E-state index < -0.39 is 17.9 Å². The molecule has 8 bridgehead atoms. The Morgan fingerprint density at radius 1 is 1.02 bits per heavy atom. The minimum absolute atomic E-state index is 0. The summed E-state index contributed by atoms with van der Waals surface area (Å²) < 4.78 is 5.13. The zero-order valence-corrected chi connectivity index (χ0v) is 26.2. The molecule has 4 atom stereocenters. The summed E-state index contributed by atoms with van der Waals surface area (Å²) in [5, 5.41) is 17.6. The predicted molar refractivity (Wildman–Crippen MR) is 163 cm³/mol. The van der Waals surface area contributed by atoms with E-state index in [4.69, 9.17) is 25.0 Å². The number of aromatic nitrogens is 3. The quantitative estimate of drug-likeness (QED) is 0.288. The van der Waals surface area contributed by atoms with Crippen LogP contribution in [0.25, 0.3) is 41.5 Å². The third kappa shape index (κ3) is 4.16. The minimum Gasteiger partial charge on any atom is -0.681 e. The Bertz CT molecular complexity index is 1940. The smallest absolute Gasteiger partial charge is 0.681 e. The number of ketones is 1. The summed E-state index contributed by atoms with van der Waals surface area (Å²) in [6.07, 6.45) is 9.33. The Balaban J connectivity index is 0.00000353. The van der Waals surface area contributed by atoms with Gasteiger partial charge in [0.2, 0.25) is 0 Å². The third-order valence-electron chi connectivity index (χ3n) is 9.13. The van der Waals surface area contributed by atoms with Crippen LogP contribution in [0, 0.1) is 38.5 Å². The fourth-order valence-electron chi connectivity index (χ4n) is 6.74. The van der Waals surface area contributed by atoms with Crippen LogP contribution in [0.1, 0.15) is 70.0 Å². The molecule has 0 amide bonds. The van der Waals surface area contributed by atoms with E-state index in [1.807, 2.05) is 39.0 Å². The van der Waals surface area contributed by atoms with Gasteiger partial charge in [0.05, 0.1) is 13.4 Å². The molecular formula is C33H32MgN4O4-2. The number of ether oxygens (including phenoxy) is 1. The number of methoxy groups -OCH3 is 1. The number of hydrogen-bond acceptors (Lipinski definition) is 4. The summed E-state index contributed by atoms with van der Waals surface area (Å²) in [5.41, 5.74) is 7.31. The van der Waals surface area contributed by atoms with Crippen LogP contribution in [0.4, 0.5) is 0 Å². The Morgan fingerprint density at radius 2 is 1.71 bits per heavy atom. The Hall–Kier alpha value is -3.69. The number of nitrogens with zero attached hydrogens (tertiary/aromatic N) is 4. The van der Waals surface area contributed by atoms with Crippen molar-refractivity contribution in [1.29, 1.82) is 0 Å². The van der Waals surface area contributed by atoms with Crippen molar-refractivity contribution in [2.75, 3.05) is 7.11 Å². The molecule has 3 aromatic rings. The molecule has 0 radical (unpaired) electrons. The van der Waals surface area contributed by atoms with Gasteiger partial charge in [-0.15, -0.1) is 33.1 Å². The van der Waals surface area contributed by atoms with Gasteiger partial charge in [-0.2, -0.15) is 5.70 Å². The van der Waals surface area contributed by atoms with E-state index in [2.05, 4.69) is 20.4 Å². The van der Waals surface area contributed by atoms with E-state index in [0.717, 1.165) is 40.8 Å². The second-order valence-corrected chi connectivity index (χ2v) is 11.1. The van der Waals surface area contributed by atoms with Crippen LogP contribution < -0.4 is 36.2 Å². The average molecular weight is 573 g/mol. The molecule has 0 aromatic carbocycles. The fourth-order valence-corrected chi connectivity index (χ4v) is 6.74. The van der Waals surface area contributed by atoms with E-state index in [9.17, 15) is 14.7 Å². The summed E-state index contributed by atoms with van der Waals surface area (Å²) in [6.45, 7) is 14.0.